The van der Waals surface area contributed by atoms with E-state index in [1.54, 1.807) is 20.8 Å². The first-order valence-electron chi connectivity index (χ1n) is 5.85. The molecule has 0 saturated carbocycles. The highest BCUT2D eigenvalue weighted by Crippen LogP contribution is 2.19. The van der Waals surface area contributed by atoms with Crippen LogP contribution in [0.5, 0.6) is 0 Å². The number of ether oxygens (including phenoxy) is 2. The van der Waals surface area contributed by atoms with E-state index in [2.05, 4.69) is 0 Å². The molecule has 0 unspecified atom stereocenters. The Morgan fingerprint density at radius 3 is 1.76 bits per heavy atom. The fourth-order valence-corrected chi connectivity index (χ4v) is 0.990. The molecule has 4 heteroatoms. The average molecular weight is 244 g/mol. The summed E-state index contributed by atoms with van der Waals surface area (Å²) in [6.07, 6.45) is 0.361. The minimum absolute atomic E-state index is 0.0842. The van der Waals surface area contributed by atoms with Crippen molar-refractivity contribution in [3.63, 3.8) is 0 Å². The maximum absolute atomic E-state index is 11.4. The Bertz CT molecular complexity index is 268. The lowest BCUT2D eigenvalue weighted by atomic mass is 9.93. The molecule has 0 aromatic heterocycles. The molecule has 0 aromatic carbocycles. The zero-order chi connectivity index (χ0) is 13.7. The highest BCUT2D eigenvalue weighted by atomic mass is 16.6. The molecule has 100 valence electrons. The lowest BCUT2D eigenvalue weighted by Crippen LogP contribution is -2.25. The lowest BCUT2D eigenvalue weighted by molar-refractivity contribution is -0.158. The highest BCUT2D eigenvalue weighted by Gasteiger charge is 2.23. The summed E-state index contributed by atoms with van der Waals surface area (Å²) in [6, 6.07) is 0. The van der Waals surface area contributed by atoms with Gasteiger partial charge in [-0.1, -0.05) is 20.8 Å². The largest absolute Gasteiger partial charge is 0.462 e. The van der Waals surface area contributed by atoms with Crippen molar-refractivity contribution in [1.82, 2.24) is 0 Å². The second-order valence-corrected chi connectivity index (χ2v) is 6.34. The lowest BCUT2D eigenvalue weighted by Gasteiger charge is -2.18. The van der Waals surface area contributed by atoms with E-state index in [9.17, 15) is 9.59 Å². The fourth-order valence-electron chi connectivity index (χ4n) is 0.990. The van der Waals surface area contributed by atoms with Gasteiger partial charge in [0.15, 0.2) is 0 Å². The summed E-state index contributed by atoms with van der Waals surface area (Å²) in [4.78, 5) is 22.7. The summed E-state index contributed by atoms with van der Waals surface area (Å²) in [7, 11) is 0. The second kappa shape index (κ2) is 6.03. The molecule has 4 nitrogen and oxygen atoms in total. The minimum Gasteiger partial charge on any atom is -0.462 e. The Kier molecular flexibility index (Phi) is 5.66. The van der Waals surface area contributed by atoms with Crippen LogP contribution in [-0.2, 0) is 19.1 Å². The van der Waals surface area contributed by atoms with Gasteiger partial charge in [0, 0.05) is 0 Å². The quantitative estimate of drug-likeness (QED) is 0.563. The zero-order valence-corrected chi connectivity index (χ0v) is 11.8. The molecule has 0 aliphatic carbocycles. The number of carbonyl (C=O) groups is 2. The number of hydrogen-bond donors (Lipinski definition) is 0. The van der Waals surface area contributed by atoms with E-state index in [0.717, 1.165) is 0 Å². The van der Waals surface area contributed by atoms with Gasteiger partial charge in [-0.2, -0.15) is 0 Å². The van der Waals surface area contributed by atoms with Crippen LogP contribution in [0.25, 0.3) is 0 Å². The molecule has 0 bridgehead atoms. The number of rotatable bonds is 4. The van der Waals surface area contributed by atoms with Crippen LogP contribution in [0, 0.1) is 10.8 Å². The van der Waals surface area contributed by atoms with Gasteiger partial charge >= 0.3 is 11.9 Å². The summed E-state index contributed by atoms with van der Waals surface area (Å²) in [5.74, 6) is -0.548. The predicted octanol–water partition coefficient (Wildman–Crippen LogP) is 2.56. The van der Waals surface area contributed by atoms with E-state index in [0.29, 0.717) is 6.42 Å². The molecule has 0 aliphatic heterocycles. The summed E-state index contributed by atoms with van der Waals surface area (Å²) in [5, 5.41) is 0. The molecular formula is C13H24O4. The topological polar surface area (TPSA) is 52.6 Å². The van der Waals surface area contributed by atoms with Gasteiger partial charge in [0.25, 0.3) is 0 Å². The van der Waals surface area contributed by atoms with Crippen molar-refractivity contribution in [3.8, 4) is 0 Å². The van der Waals surface area contributed by atoms with E-state index >= 15 is 0 Å². The van der Waals surface area contributed by atoms with E-state index in [-0.39, 0.29) is 30.6 Å². The van der Waals surface area contributed by atoms with Crippen molar-refractivity contribution in [2.45, 2.75) is 48.0 Å². The van der Waals surface area contributed by atoms with Crippen LogP contribution in [0.15, 0.2) is 0 Å². The Balaban J connectivity index is 3.73. The van der Waals surface area contributed by atoms with E-state index in [1.165, 1.54) is 0 Å². The molecule has 0 radical (unpaired) electrons. The van der Waals surface area contributed by atoms with Crippen LogP contribution in [0.2, 0.25) is 0 Å². The summed E-state index contributed by atoms with van der Waals surface area (Å²) >= 11 is 0. The van der Waals surface area contributed by atoms with Crippen LogP contribution in [0.3, 0.4) is 0 Å². The maximum Gasteiger partial charge on any atom is 0.311 e. The van der Waals surface area contributed by atoms with Crippen LogP contribution in [0.4, 0.5) is 0 Å². The van der Waals surface area contributed by atoms with Gasteiger partial charge in [-0.05, 0) is 26.2 Å². The molecule has 0 aromatic rings. The summed E-state index contributed by atoms with van der Waals surface area (Å²) in [6.45, 7) is 11.5. The predicted molar refractivity (Wildman–Crippen MR) is 65.4 cm³/mol. The van der Waals surface area contributed by atoms with Crippen LogP contribution in [0.1, 0.15) is 48.0 Å². The summed E-state index contributed by atoms with van der Waals surface area (Å²) in [5.41, 5.74) is -0.603. The Hall–Kier alpha value is -1.06. The van der Waals surface area contributed by atoms with Crippen LogP contribution < -0.4 is 0 Å². The number of esters is 2. The van der Waals surface area contributed by atoms with Gasteiger partial charge < -0.3 is 9.47 Å². The van der Waals surface area contributed by atoms with Crippen LogP contribution in [-0.4, -0.2) is 25.2 Å². The van der Waals surface area contributed by atoms with Gasteiger partial charge in [-0.3, -0.25) is 9.59 Å². The Labute approximate surface area is 104 Å². The fraction of sp³-hybridized carbons (Fsp3) is 0.846. The Morgan fingerprint density at radius 2 is 1.35 bits per heavy atom. The number of hydrogen-bond acceptors (Lipinski definition) is 4. The molecular weight excluding hydrogens is 220 g/mol. The average Bonchev–Trinajstić information content (AvgIpc) is 2.07. The summed E-state index contributed by atoms with van der Waals surface area (Å²) < 4.78 is 9.94. The third-order valence-corrected chi connectivity index (χ3v) is 1.87. The number of carbonyl (C=O) groups excluding carboxylic acids is 2. The molecule has 0 saturated heterocycles. The molecule has 0 spiro atoms. The van der Waals surface area contributed by atoms with Gasteiger partial charge in [-0.15, -0.1) is 0 Å². The molecule has 0 amide bonds. The van der Waals surface area contributed by atoms with Crippen LogP contribution >= 0.6 is 0 Å². The first-order valence-corrected chi connectivity index (χ1v) is 5.85. The molecule has 0 aliphatic rings. The maximum atomic E-state index is 11.4. The van der Waals surface area contributed by atoms with Crippen molar-refractivity contribution in [3.05, 3.63) is 0 Å². The van der Waals surface area contributed by atoms with Crippen molar-refractivity contribution < 1.29 is 19.1 Å². The zero-order valence-electron chi connectivity index (χ0n) is 11.8. The van der Waals surface area contributed by atoms with Gasteiger partial charge in [0.05, 0.1) is 11.8 Å². The van der Waals surface area contributed by atoms with Gasteiger partial charge in [0.1, 0.15) is 13.2 Å². The molecule has 17 heavy (non-hydrogen) atoms. The molecule has 0 fully saturated rings. The highest BCUT2D eigenvalue weighted by molar-refractivity contribution is 5.75. The third kappa shape index (κ3) is 8.72. The van der Waals surface area contributed by atoms with Crippen molar-refractivity contribution in [2.24, 2.45) is 10.8 Å². The SMILES string of the molecule is CC(C)(C)CC(=O)OCCOC(=O)C(C)(C)C. The first kappa shape index (κ1) is 15.9. The molecule has 0 rings (SSSR count). The Morgan fingerprint density at radius 1 is 0.882 bits per heavy atom. The monoisotopic (exact) mass is 244 g/mol. The van der Waals surface area contributed by atoms with Gasteiger partial charge in [-0.25, -0.2) is 0 Å². The van der Waals surface area contributed by atoms with E-state index in [1.807, 2.05) is 20.8 Å². The van der Waals surface area contributed by atoms with Crippen molar-refractivity contribution in [2.75, 3.05) is 13.2 Å². The van der Waals surface area contributed by atoms with E-state index in [4.69, 9.17) is 9.47 Å². The molecule has 0 atom stereocenters. The van der Waals surface area contributed by atoms with Gasteiger partial charge in [0.2, 0.25) is 0 Å². The third-order valence-electron chi connectivity index (χ3n) is 1.87. The normalized spacial score (nSPS) is 12.1. The van der Waals surface area contributed by atoms with Crippen molar-refractivity contribution in [1.29, 1.82) is 0 Å². The molecule has 0 N–H and O–H groups in total. The first-order chi connectivity index (χ1) is 7.52. The molecule has 0 heterocycles. The second-order valence-electron chi connectivity index (χ2n) is 6.34. The standard InChI is InChI=1S/C13H24O4/c1-12(2,3)9-10(14)16-7-8-17-11(15)13(4,5)6/h7-9H2,1-6H3. The van der Waals surface area contributed by atoms with Crippen molar-refractivity contribution >= 4 is 11.9 Å². The smallest absolute Gasteiger partial charge is 0.311 e. The van der Waals surface area contributed by atoms with E-state index < -0.39 is 5.41 Å². The minimum atomic E-state index is -0.518.